The third kappa shape index (κ3) is 2.70. The molecule has 0 bridgehead atoms. The van der Waals surface area contributed by atoms with E-state index in [0.717, 1.165) is 43.7 Å². The Bertz CT molecular complexity index is 749. The Kier molecular flexibility index (Phi) is 3.94. The molecule has 2 unspecified atom stereocenters. The molecule has 1 aromatic heterocycles. The van der Waals surface area contributed by atoms with Gasteiger partial charge < -0.3 is 19.5 Å². The molecule has 2 fully saturated rings. The Labute approximate surface area is 153 Å². The molecule has 1 amide bonds. The predicted octanol–water partition coefficient (Wildman–Crippen LogP) is 2.56. The number of aromatic nitrogens is 2. The second-order valence-electron chi connectivity index (χ2n) is 7.73. The molecular weight excluding hydrogens is 330 g/mol. The number of piperidine rings is 1. The van der Waals surface area contributed by atoms with E-state index in [4.69, 9.17) is 9.72 Å². The third-order valence-corrected chi connectivity index (χ3v) is 6.02. The number of ether oxygens (including phenoxy) is 1. The standard InChI is InChI=1S/C19H25N5O2/c25-19(26-15-5-1-2-6-15)23-9-3-4-13(12-23)18-22-11-14-10-21-17-16(24(14)18)7-8-20-17/h7-8,10-11,13,15-17,20H,1-6,9,12H2/t13-,16?,17?/m1/s1. The SMILES string of the molecule is O=C(OC1CCCC1)N1CCC[C@@H](c2ncc3n2C2C=CNC2N=C3)C1. The zero-order valence-electron chi connectivity index (χ0n) is 14.9. The van der Waals surface area contributed by atoms with E-state index < -0.39 is 0 Å². The van der Waals surface area contributed by atoms with Crippen molar-refractivity contribution in [2.45, 2.75) is 62.8 Å². The summed E-state index contributed by atoms with van der Waals surface area (Å²) in [6.45, 7) is 1.47. The van der Waals surface area contributed by atoms with Gasteiger partial charge in [0.15, 0.2) is 0 Å². The van der Waals surface area contributed by atoms with E-state index in [2.05, 4.69) is 21.0 Å². The second-order valence-corrected chi connectivity index (χ2v) is 7.73. The number of carbonyl (C=O) groups excluding carboxylic acids is 1. The van der Waals surface area contributed by atoms with Crippen molar-refractivity contribution < 1.29 is 9.53 Å². The fourth-order valence-electron chi connectivity index (χ4n) is 4.66. The molecule has 4 aliphatic rings. The molecule has 138 valence electrons. The predicted molar refractivity (Wildman–Crippen MR) is 97.2 cm³/mol. The number of likely N-dealkylation sites (tertiary alicyclic amines) is 1. The lowest BCUT2D eigenvalue weighted by Crippen LogP contribution is -2.42. The minimum atomic E-state index is -0.145. The number of nitrogens with zero attached hydrogens (tertiary/aromatic N) is 4. The molecule has 1 saturated heterocycles. The highest BCUT2D eigenvalue weighted by Crippen LogP contribution is 2.33. The molecule has 5 rings (SSSR count). The van der Waals surface area contributed by atoms with Gasteiger partial charge in [-0.25, -0.2) is 9.78 Å². The van der Waals surface area contributed by atoms with Gasteiger partial charge >= 0.3 is 6.09 Å². The van der Waals surface area contributed by atoms with Crippen molar-refractivity contribution in [1.82, 2.24) is 19.8 Å². The number of aliphatic imine (C=N–C) groups is 1. The number of amides is 1. The van der Waals surface area contributed by atoms with Crippen LogP contribution in [0.5, 0.6) is 0 Å². The van der Waals surface area contributed by atoms with E-state index in [9.17, 15) is 4.79 Å². The van der Waals surface area contributed by atoms with Gasteiger partial charge in [0, 0.05) is 25.2 Å². The summed E-state index contributed by atoms with van der Waals surface area (Å²) in [4.78, 5) is 23.7. The van der Waals surface area contributed by atoms with Crippen LogP contribution < -0.4 is 5.32 Å². The summed E-state index contributed by atoms with van der Waals surface area (Å²) in [5, 5.41) is 3.28. The van der Waals surface area contributed by atoms with Crippen molar-refractivity contribution in [3.05, 3.63) is 30.0 Å². The second kappa shape index (κ2) is 6.45. The van der Waals surface area contributed by atoms with Crippen LogP contribution in [0.1, 0.15) is 62.0 Å². The molecule has 26 heavy (non-hydrogen) atoms. The Morgan fingerprint density at radius 3 is 3.00 bits per heavy atom. The quantitative estimate of drug-likeness (QED) is 0.885. The fraction of sp³-hybridized carbons (Fsp3) is 0.632. The molecule has 0 radical (unpaired) electrons. The summed E-state index contributed by atoms with van der Waals surface area (Å²) < 4.78 is 8.00. The summed E-state index contributed by atoms with van der Waals surface area (Å²) >= 11 is 0. The maximum Gasteiger partial charge on any atom is 0.410 e. The molecule has 1 N–H and O–H groups in total. The van der Waals surface area contributed by atoms with Gasteiger partial charge in [-0.1, -0.05) is 0 Å². The first-order chi connectivity index (χ1) is 12.8. The number of carbonyl (C=O) groups is 1. The minimum Gasteiger partial charge on any atom is -0.446 e. The van der Waals surface area contributed by atoms with E-state index in [1.807, 2.05) is 23.5 Å². The van der Waals surface area contributed by atoms with E-state index in [1.165, 1.54) is 12.8 Å². The Morgan fingerprint density at radius 1 is 1.23 bits per heavy atom. The molecule has 1 aliphatic carbocycles. The first-order valence-corrected chi connectivity index (χ1v) is 9.78. The van der Waals surface area contributed by atoms with Gasteiger partial charge in [0.2, 0.25) is 0 Å². The molecule has 7 heteroatoms. The lowest BCUT2D eigenvalue weighted by molar-refractivity contribution is 0.0570. The highest BCUT2D eigenvalue weighted by atomic mass is 16.6. The number of hydrogen-bond acceptors (Lipinski definition) is 5. The summed E-state index contributed by atoms with van der Waals surface area (Å²) in [6, 6.07) is 0.174. The van der Waals surface area contributed by atoms with Crippen LogP contribution in [0.2, 0.25) is 0 Å². The minimum absolute atomic E-state index is 0.0578. The molecule has 7 nitrogen and oxygen atoms in total. The van der Waals surface area contributed by atoms with Crippen molar-refractivity contribution in [1.29, 1.82) is 0 Å². The molecule has 0 spiro atoms. The average Bonchev–Trinajstić information content (AvgIpc) is 3.41. The van der Waals surface area contributed by atoms with Gasteiger partial charge in [-0.3, -0.25) is 4.99 Å². The zero-order chi connectivity index (χ0) is 17.5. The Balaban J connectivity index is 1.33. The van der Waals surface area contributed by atoms with Crippen LogP contribution in [0.4, 0.5) is 4.79 Å². The normalized spacial score (nSPS) is 30.2. The summed E-state index contributed by atoms with van der Waals surface area (Å²) in [5.41, 5.74) is 1.04. The molecule has 4 heterocycles. The van der Waals surface area contributed by atoms with Gasteiger partial charge in [-0.2, -0.15) is 0 Å². The van der Waals surface area contributed by atoms with Crippen molar-refractivity contribution >= 4 is 12.3 Å². The zero-order valence-corrected chi connectivity index (χ0v) is 14.9. The maximum atomic E-state index is 12.6. The first kappa shape index (κ1) is 15.9. The fourth-order valence-corrected chi connectivity index (χ4v) is 4.66. The monoisotopic (exact) mass is 355 g/mol. The lowest BCUT2D eigenvalue weighted by atomic mass is 9.97. The number of hydrogen-bond donors (Lipinski definition) is 1. The van der Waals surface area contributed by atoms with Crippen molar-refractivity contribution in [2.24, 2.45) is 4.99 Å². The third-order valence-electron chi connectivity index (χ3n) is 6.02. The largest absolute Gasteiger partial charge is 0.446 e. The van der Waals surface area contributed by atoms with Gasteiger partial charge in [-0.15, -0.1) is 0 Å². The summed E-state index contributed by atoms with van der Waals surface area (Å²) in [5.74, 6) is 1.31. The topological polar surface area (TPSA) is 71.8 Å². The van der Waals surface area contributed by atoms with Crippen LogP contribution in [0, 0.1) is 0 Å². The highest BCUT2D eigenvalue weighted by Gasteiger charge is 2.35. The summed E-state index contributed by atoms with van der Waals surface area (Å²) in [7, 11) is 0. The Hall–Kier alpha value is -2.31. The molecule has 1 saturated carbocycles. The van der Waals surface area contributed by atoms with E-state index in [0.29, 0.717) is 6.54 Å². The highest BCUT2D eigenvalue weighted by molar-refractivity contribution is 5.78. The van der Waals surface area contributed by atoms with Crippen molar-refractivity contribution in [2.75, 3.05) is 13.1 Å². The lowest BCUT2D eigenvalue weighted by Gasteiger charge is -2.34. The van der Waals surface area contributed by atoms with Crippen LogP contribution in [0.3, 0.4) is 0 Å². The van der Waals surface area contributed by atoms with Crippen LogP contribution >= 0.6 is 0 Å². The van der Waals surface area contributed by atoms with Crippen molar-refractivity contribution in [3.8, 4) is 0 Å². The van der Waals surface area contributed by atoms with Crippen LogP contribution in [0.15, 0.2) is 23.5 Å². The van der Waals surface area contributed by atoms with Gasteiger partial charge in [0.05, 0.1) is 17.9 Å². The van der Waals surface area contributed by atoms with E-state index in [1.54, 1.807) is 0 Å². The smallest absolute Gasteiger partial charge is 0.410 e. The van der Waals surface area contributed by atoms with Crippen LogP contribution in [0.25, 0.3) is 0 Å². The molecule has 3 atom stereocenters. The Morgan fingerprint density at radius 2 is 2.12 bits per heavy atom. The van der Waals surface area contributed by atoms with Crippen molar-refractivity contribution in [3.63, 3.8) is 0 Å². The average molecular weight is 355 g/mol. The van der Waals surface area contributed by atoms with Crippen LogP contribution in [-0.4, -0.2) is 52.1 Å². The number of rotatable bonds is 2. The van der Waals surface area contributed by atoms with E-state index >= 15 is 0 Å². The molecular formula is C19H25N5O2. The molecule has 3 aliphatic heterocycles. The van der Waals surface area contributed by atoms with Gasteiger partial charge in [-0.05, 0) is 50.8 Å². The number of nitrogens with one attached hydrogen (secondary N) is 1. The van der Waals surface area contributed by atoms with Gasteiger partial charge in [0.1, 0.15) is 18.1 Å². The van der Waals surface area contributed by atoms with Crippen LogP contribution in [-0.2, 0) is 4.74 Å². The first-order valence-electron chi connectivity index (χ1n) is 9.78. The molecule has 0 aromatic carbocycles. The summed E-state index contributed by atoms with van der Waals surface area (Å²) in [6.07, 6.45) is 14.4. The van der Waals surface area contributed by atoms with E-state index in [-0.39, 0.29) is 30.3 Å². The molecule has 1 aromatic rings. The maximum absolute atomic E-state index is 12.6. The number of imidazole rings is 1. The number of fused-ring (bicyclic) bond motifs is 3. The van der Waals surface area contributed by atoms with Gasteiger partial charge in [0.25, 0.3) is 0 Å².